The molecule has 0 unspecified atom stereocenters. The van der Waals surface area contributed by atoms with E-state index in [1.54, 1.807) is 19.1 Å². The van der Waals surface area contributed by atoms with E-state index in [0.29, 0.717) is 25.2 Å². The van der Waals surface area contributed by atoms with Crippen molar-refractivity contribution in [1.82, 2.24) is 0 Å². The number of aromatic hydroxyl groups is 1. The first kappa shape index (κ1) is 11.9. The molecule has 0 amide bonds. The zero-order valence-electron chi connectivity index (χ0n) is 9.98. The van der Waals surface area contributed by atoms with Crippen LogP contribution in [0.2, 0.25) is 0 Å². The lowest BCUT2D eigenvalue weighted by Crippen LogP contribution is -2.36. The summed E-state index contributed by atoms with van der Waals surface area (Å²) < 4.78 is 5.27. The number of carbonyl (C=O) groups is 1. The van der Waals surface area contributed by atoms with Crippen molar-refractivity contribution in [2.45, 2.75) is 13.3 Å². The Kier molecular flexibility index (Phi) is 3.64. The number of carbonyl (C=O) groups excluding carboxylic acids is 1. The van der Waals surface area contributed by atoms with Crippen LogP contribution in [0, 0.1) is 0 Å². The molecule has 1 aromatic rings. The fourth-order valence-electron chi connectivity index (χ4n) is 1.96. The van der Waals surface area contributed by atoms with E-state index >= 15 is 0 Å². The normalized spacial score (nSPS) is 15.9. The van der Waals surface area contributed by atoms with E-state index in [0.717, 1.165) is 18.8 Å². The first-order chi connectivity index (χ1) is 8.22. The second-order valence-electron chi connectivity index (χ2n) is 4.08. The van der Waals surface area contributed by atoms with Gasteiger partial charge in [-0.15, -0.1) is 0 Å². The van der Waals surface area contributed by atoms with E-state index in [1.807, 2.05) is 6.07 Å². The third kappa shape index (κ3) is 2.58. The molecule has 1 aliphatic rings. The Morgan fingerprint density at radius 3 is 2.71 bits per heavy atom. The van der Waals surface area contributed by atoms with Gasteiger partial charge in [0.1, 0.15) is 5.75 Å². The molecule has 0 bridgehead atoms. The zero-order valence-corrected chi connectivity index (χ0v) is 9.98. The fraction of sp³-hybridized carbons (Fsp3) is 0.462. The van der Waals surface area contributed by atoms with Crippen LogP contribution in [-0.2, 0) is 4.74 Å². The van der Waals surface area contributed by atoms with Gasteiger partial charge in [0.25, 0.3) is 0 Å². The highest BCUT2D eigenvalue weighted by Crippen LogP contribution is 2.26. The fourth-order valence-corrected chi connectivity index (χ4v) is 1.96. The van der Waals surface area contributed by atoms with E-state index in [2.05, 4.69) is 4.90 Å². The number of ketones is 1. The molecule has 17 heavy (non-hydrogen) atoms. The molecule has 0 aromatic heterocycles. The predicted molar refractivity (Wildman–Crippen MR) is 65.8 cm³/mol. The first-order valence-corrected chi connectivity index (χ1v) is 5.91. The quantitative estimate of drug-likeness (QED) is 0.812. The molecule has 4 nitrogen and oxygen atoms in total. The van der Waals surface area contributed by atoms with Crippen molar-refractivity contribution >= 4 is 11.5 Å². The molecule has 0 aliphatic carbocycles. The number of benzene rings is 1. The average Bonchev–Trinajstić information content (AvgIpc) is 2.39. The van der Waals surface area contributed by atoms with Gasteiger partial charge in [-0.05, 0) is 12.1 Å². The molecule has 1 fully saturated rings. The Hall–Kier alpha value is -1.55. The molecule has 1 aromatic carbocycles. The van der Waals surface area contributed by atoms with Crippen molar-refractivity contribution in [3.05, 3.63) is 23.8 Å². The highest BCUT2D eigenvalue weighted by atomic mass is 16.5. The highest BCUT2D eigenvalue weighted by molar-refractivity contribution is 5.98. The van der Waals surface area contributed by atoms with Gasteiger partial charge in [0.15, 0.2) is 5.78 Å². The summed E-state index contributed by atoms with van der Waals surface area (Å²) >= 11 is 0. The Morgan fingerprint density at radius 2 is 2.12 bits per heavy atom. The van der Waals surface area contributed by atoms with Crippen LogP contribution in [0.25, 0.3) is 0 Å². The van der Waals surface area contributed by atoms with E-state index < -0.39 is 0 Å². The number of anilines is 1. The van der Waals surface area contributed by atoms with Gasteiger partial charge in [-0.25, -0.2) is 0 Å². The molecule has 1 aliphatic heterocycles. The molecule has 4 heteroatoms. The standard InChI is InChI=1S/C13H17NO3/c1-2-12(15)11-4-3-10(9-13(11)16)14-5-7-17-8-6-14/h3-4,9,16H,2,5-8H2,1H3. The lowest BCUT2D eigenvalue weighted by Gasteiger charge is -2.29. The van der Waals surface area contributed by atoms with E-state index in [1.165, 1.54) is 0 Å². The number of ether oxygens (including phenoxy) is 1. The topological polar surface area (TPSA) is 49.8 Å². The number of phenols is 1. The molecule has 0 atom stereocenters. The van der Waals surface area contributed by atoms with Crippen LogP contribution < -0.4 is 4.90 Å². The van der Waals surface area contributed by atoms with Gasteiger partial charge in [-0.2, -0.15) is 0 Å². The molecular weight excluding hydrogens is 218 g/mol. The van der Waals surface area contributed by atoms with Gasteiger partial charge in [-0.1, -0.05) is 6.92 Å². The summed E-state index contributed by atoms with van der Waals surface area (Å²) in [4.78, 5) is 13.7. The number of Topliss-reactive ketones (excluding diaryl/α,β-unsaturated/α-hetero) is 1. The minimum atomic E-state index is -0.0315. The number of nitrogens with zero attached hydrogens (tertiary/aromatic N) is 1. The van der Waals surface area contributed by atoms with Gasteiger partial charge in [0, 0.05) is 31.3 Å². The van der Waals surface area contributed by atoms with Gasteiger partial charge in [0.2, 0.25) is 0 Å². The third-order valence-corrected chi connectivity index (χ3v) is 2.98. The van der Waals surface area contributed by atoms with Crippen LogP contribution in [0.5, 0.6) is 5.75 Å². The van der Waals surface area contributed by atoms with E-state index in [9.17, 15) is 9.90 Å². The lowest BCUT2D eigenvalue weighted by atomic mass is 10.1. The molecular formula is C13H17NO3. The van der Waals surface area contributed by atoms with Crippen molar-refractivity contribution in [3.8, 4) is 5.75 Å². The molecule has 0 radical (unpaired) electrons. The summed E-state index contributed by atoms with van der Waals surface area (Å²) in [5.41, 5.74) is 1.35. The summed E-state index contributed by atoms with van der Waals surface area (Å²) in [7, 11) is 0. The van der Waals surface area contributed by atoms with E-state index in [4.69, 9.17) is 4.74 Å². The van der Waals surface area contributed by atoms with Gasteiger partial charge in [0.05, 0.1) is 18.8 Å². The molecule has 0 saturated carbocycles. The Balaban J connectivity index is 2.20. The van der Waals surface area contributed by atoms with Gasteiger partial charge in [-0.3, -0.25) is 4.79 Å². The van der Waals surface area contributed by atoms with Crippen LogP contribution in [0.4, 0.5) is 5.69 Å². The minimum Gasteiger partial charge on any atom is -0.507 e. The van der Waals surface area contributed by atoms with Crippen molar-refractivity contribution in [2.75, 3.05) is 31.2 Å². The van der Waals surface area contributed by atoms with E-state index in [-0.39, 0.29) is 11.5 Å². The summed E-state index contributed by atoms with van der Waals surface area (Å²) in [6, 6.07) is 5.24. The van der Waals surface area contributed by atoms with Crippen molar-refractivity contribution in [1.29, 1.82) is 0 Å². The summed E-state index contributed by atoms with van der Waals surface area (Å²) in [5.74, 6) is 0.0388. The number of rotatable bonds is 3. The van der Waals surface area contributed by atoms with Crippen LogP contribution in [0.3, 0.4) is 0 Å². The maximum atomic E-state index is 11.5. The second-order valence-corrected chi connectivity index (χ2v) is 4.08. The first-order valence-electron chi connectivity index (χ1n) is 5.91. The molecule has 92 valence electrons. The van der Waals surface area contributed by atoms with Gasteiger partial charge >= 0.3 is 0 Å². The smallest absolute Gasteiger partial charge is 0.166 e. The Morgan fingerprint density at radius 1 is 1.41 bits per heavy atom. The Labute approximate surface area is 101 Å². The van der Waals surface area contributed by atoms with Crippen LogP contribution >= 0.6 is 0 Å². The van der Waals surface area contributed by atoms with Crippen LogP contribution in [-0.4, -0.2) is 37.2 Å². The summed E-state index contributed by atoms with van der Waals surface area (Å²) in [5, 5.41) is 9.84. The van der Waals surface area contributed by atoms with Crippen molar-refractivity contribution in [3.63, 3.8) is 0 Å². The van der Waals surface area contributed by atoms with Crippen LogP contribution in [0.15, 0.2) is 18.2 Å². The maximum Gasteiger partial charge on any atom is 0.166 e. The van der Waals surface area contributed by atoms with Crippen molar-refractivity contribution in [2.24, 2.45) is 0 Å². The SMILES string of the molecule is CCC(=O)c1ccc(N2CCOCC2)cc1O. The number of morpholine rings is 1. The number of hydrogen-bond acceptors (Lipinski definition) is 4. The van der Waals surface area contributed by atoms with Gasteiger partial charge < -0.3 is 14.7 Å². The molecule has 2 rings (SSSR count). The number of phenolic OH excluding ortho intramolecular Hbond substituents is 1. The predicted octanol–water partition coefficient (Wildman–Crippen LogP) is 1.82. The zero-order chi connectivity index (χ0) is 12.3. The third-order valence-electron chi connectivity index (χ3n) is 2.98. The minimum absolute atomic E-state index is 0.0315. The second kappa shape index (κ2) is 5.19. The monoisotopic (exact) mass is 235 g/mol. The molecule has 0 spiro atoms. The summed E-state index contributed by atoms with van der Waals surface area (Å²) in [6.07, 6.45) is 0.407. The van der Waals surface area contributed by atoms with Crippen LogP contribution in [0.1, 0.15) is 23.7 Å². The summed E-state index contributed by atoms with van der Waals surface area (Å²) in [6.45, 7) is 4.84. The molecule has 1 heterocycles. The molecule has 1 N–H and O–H groups in total. The molecule has 1 saturated heterocycles. The Bertz CT molecular complexity index is 411. The largest absolute Gasteiger partial charge is 0.507 e. The average molecular weight is 235 g/mol. The number of hydrogen-bond donors (Lipinski definition) is 1. The maximum absolute atomic E-state index is 11.5. The lowest BCUT2D eigenvalue weighted by molar-refractivity contribution is 0.0985. The van der Waals surface area contributed by atoms with Crippen molar-refractivity contribution < 1.29 is 14.6 Å². The highest BCUT2D eigenvalue weighted by Gasteiger charge is 2.14.